The summed E-state index contributed by atoms with van der Waals surface area (Å²) in [6.07, 6.45) is 1.36. The first-order valence-electron chi connectivity index (χ1n) is 11.9. The number of rotatable bonds is 7. The second kappa shape index (κ2) is 9.97. The molecule has 8 nitrogen and oxygen atoms in total. The van der Waals surface area contributed by atoms with Crippen LogP contribution in [0.15, 0.2) is 76.2 Å². The van der Waals surface area contributed by atoms with Gasteiger partial charge < -0.3 is 28.5 Å². The van der Waals surface area contributed by atoms with Gasteiger partial charge in [0.15, 0.2) is 11.5 Å². The molecule has 0 radical (unpaired) electrons. The Hall–Kier alpha value is -4.72. The predicted octanol–water partition coefficient (Wildman–Crippen LogP) is 5.58. The first kappa shape index (κ1) is 25.0. The number of fused-ring (bicyclic) bond motifs is 3. The standard InChI is InChI=1S/C30H26O8/c1-16(2)14-36-23-10-7-18(11-24(23)35-4)20-12-26(32)38-25-13-22(31)28-29(33)21(15-37-30(28)27(20)25)17-5-8-19(34-3)9-6-17/h5-11,13,15,20,31H,1,12,14H2,2-4H3/t20-/m0/s1. The summed E-state index contributed by atoms with van der Waals surface area (Å²) >= 11 is 0. The van der Waals surface area contributed by atoms with Gasteiger partial charge >= 0.3 is 5.97 Å². The highest BCUT2D eigenvalue weighted by Gasteiger charge is 2.34. The molecule has 0 saturated heterocycles. The minimum absolute atomic E-state index is 0.00589. The van der Waals surface area contributed by atoms with E-state index in [1.807, 2.05) is 13.0 Å². The molecule has 0 fully saturated rings. The number of hydrogen-bond acceptors (Lipinski definition) is 8. The summed E-state index contributed by atoms with van der Waals surface area (Å²) in [5.41, 5.74) is 2.71. The van der Waals surface area contributed by atoms with Crippen molar-refractivity contribution in [1.82, 2.24) is 0 Å². The van der Waals surface area contributed by atoms with Crippen molar-refractivity contribution in [2.75, 3.05) is 20.8 Å². The van der Waals surface area contributed by atoms with Gasteiger partial charge in [-0.1, -0.05) is 24.8 Å². The van der Waals surface area contributed by atoms with E-state index in [9.17, 15) is 14.7 Å². The third-order valence-electron chi connectivity index (χ3n) is 6.44. The van der Waals surface area contributed by atoms with E-state index in [1.165, 1.54) is 19.4 Å². The van der Waals surface area contributed by atoms with Gasteiger partial charge in [-0.3, -0.25) is 9.59 Å². The lowest BCUT2D eigenvalue weighted by Crippen LogP contribution is -2.22. The van der Waals surface area contributed by atoms with Crippen LogP contribution in [0.25, 0.3) is 22.1 Å². The van der Waals surface area contributed by atoms with Gasteiger partial charge in [-0.05, 0) is 47.9 Å². The first-order chi connectivity index (χ1) is 18.3. The molecular weight excluding hydrogens is 488 g/mol. The third-order valence-corrected chi connectivity index (χ3v) is 6.44. The number of phenols is 1. The second-order valence-electron chi connectivity index (χ2n) is 9.11. The molecule has 0 spiro atoms. The fraction of sp³-hybridized carbons (Fsp3) is 0.200. The van der Waals surface area contributed by atoms with E-state index in [4.69, 9.17) is 23.4 Å². The average molecular weight is 515 g/mol. The molecule has 0 aliphatic carbocycles. The number of phenolic OH excluding ortho intramolecular Hbond substituents is 1. The summed E-state index contributed by atoms with van der Waals surface area (Å²) in [6, 6.07) is 13.6. The van der Waals surface area contributed by atoms with E-state index in [-0.39, 0.29) is 34.5 Å². The molecule has 38 heavy (non-hydrogen) atoms. The van der Waals surface area contributed by atoms with Crippen molar-refractivity contribution < 1.29 is 33.3 Å². The van der Waals surface area contributed by atoms with Gasteiger partial charge in [0.05, 0.1) is 26.2 Å². The molecule has 1 aromatic heterocycles. The smallest absolute Gasteiger partial charge is 0.312 e. The summed E-state index contributed by atoms with van der Waals surface area (Å²) in [5.74, 6) is 0.468. The molecule has 1 aliphatic rings. The maximum absolute atomic E-state index is 13.6. The first-order valence-corrected chi connectivity index (χ1v) is 11.9. The van der Waals surface area contributed by atoms with E-state index in [0.717, 1.165) is 11.1 Å². The topological polar surface area (TPSA) is 104 Å². The molecule has 2 heterocycles. The molecule has 1 aliphatic heterocycles. The van der Waals surface area contributed by atoms with Crippen LogP contribution in [0.2, 0.25) is 0 Å². The zero-order valence-electron chi connectivity index (χ0n) is 21.2. The highest BCUT2D eigenvalue weighted by atomic mass is 16.5. The number of aromatic hydroxyl groups is 1. The van der Waals surface area contributed by atoms with Crippen molar-refractivity contribution in [3.8, 4) is 39.9 Å². The minimum atomic E-state index is -0.520. The van der Waals surface area contributed by atoms with Crippen molar-refractivity contribution in [3.05, 3.63) is 88.3 Å². The van der Waals surface area contributed by atoms with Crippen molar-refractivity contribution >= 4 is 16.9 Å². The minimum Gasteiger partial charge on any atom is -0.507 e. The monoisotopic (exact) mass is 514 g/mol. The number of carbonyl (C=O) groups excluding carboxylic acids is 1. The van der Waals surface area contributed by atoms with Crippen molar-refractivity contribution in [2.45, 2.75) is 19.3 Å². The van der Waals surface area contributed by atoms with Crippen LogP contribution in [0, 0.1) is 0 Å². The molecule has 0 unspecified atom stereocenters. The van der Waals surface area contributed by atoms with Crippen molar-refractivity contribution in [2.24, 2.45) is 0 Å². The second-order valence-corrected chi connectivity index (χ2v) is 9.11. The summed E-state index contributed by atoms with van der Waals surface area (Å²) in [7, 11) is 3.09. The zero-order valence-corrected chi connectivity index (χ0v) is 21.2. The summed E-state index contributed by atoms with van der Waals surface area (Å²) in [6.45, 7) is 6.04. The van der Waals surface area contributed by atoms with Crippen LogP contribution >= 0.6 is 0 Å². The quantitative estimate of drug-likeness (QED) is 0.194. The van der Waals surface area contributed by atoms with Crippen LogP contribution in [-0.4, -0.2) is 31.9 Å². The van der Waals surface area contributed by atoms with Gasteiger partial charge in [0.1, 0.15) is 41.1 Å². The van der Waals surface area contributed by atoms with E-state index < -0.39 is 17.3 Å². The Kier molecular flexibility index (Phi) is 6.55. The Morgan fingerprint density at radius 3 is 2.50 bits per heavy atom. The van der Waals surface area contributed by atoms with Gasteiger partial charge in [0.25, 0.3) is 0 Å². The number of methoxy groups -OCH3 is 2. The van der Waals surface area contributed by atoms with Crippen molar-refractivity contribution in [3.63, 3.8) is 0 Å². The molecule has 8 heteroatoms. The fourth-order valence-corrected chi connectivity index (χ4v) is 4.61. The van der Waals surface area contributed by atoms with Crippen LogP contribution in [0.5, 0.6) is 28.7 Å². The average Bonchev–Trinajstić information content (AvgIpc) is 2.91. The zero-order chi connectivity index (χ0) is 27.0. The van der Waals surface area contributed by atoms with E-state index >= 15 is 0 Å². The Balaban J connectivity index is 1.66. The number of benzene rings is 3. The lowest BCUT2D eigenvalue weighted by molar-refractivity contribution is -0.135. The molecule has 0 bridgehead atoms. The van der Waals surface area contributed by atoms with Crippen LogP contribution in [0.3, 0.4) is 0 Å². The molecular formula is C30H26O8. The van der Waals surface area contributed by atoms with Gasteiger partial charge in [-0.25, -0.2) is 0 Å². The maximum Gasteiger partial charge on any atom is 0.312 e. The van der Waals surface area contributed by atoms with Gasteiger partial charge in [-0.15, -0.1) is 0 Å². The Morgan fingerprint density at radius 1 is 1.05 bits per heavy atom. The number of ether oxygens (including phenoxy) is 4. The molecule has 1 N–H and O–H groups in total. The lowest BCUT2D eigenvalue weighted by Gasteiger charge is -2.26. The SMILES string of the molecule is C=C(C)COc1ccc([C@@H]2CC(=O)Oc3cc(O)c4c(=O)c(-c5ccc(OC)cc5)coc4c32)cc1OC. The van der Waals surface area contributed by atoms with Crippen LogP contribution in [0.1, 0.15) is 30.4 Å². The van der Waals surface area contributed by atoms with Gasteiger partial charge in [0.2, 0.25) is 5.43 Å². The molecule has 3 aromatic carbocycles. The maximum atomic E-state index is 13.6. The molecule has 0 saturated carbocycles. The predicted molar refractivity (Wildman–Crippen MR) is 142 cm³/mol. The van der Waals surface area contributed by atoms with Crippen LogP contribution in [-0.2, 0) is 4.79 Å². The van der Waals surface area contributed by atoms with E-state index in [1.54, 1.807) is 43.5 Å². The largest absolute Gasteiger partial charge is 0.507 e. The van der Waals surface area contributed by atoms with Crippen LogP contribution < -0.4 is 24.4 Å². The molecule has 194 valence electrons. The van der Waals surface area contributed by atoms with E-state index in [2.05, 4.69) is 6.58 Å². The summed E-state index contributed by atoms with van der Waals surface area (Å²) < 4.78 is 28.0. The van der Waals surface area contributed by atoms with Crippen molar-refractivity contribution in [1.29, 1.82) is 0 Å². The highest BCUT2D eigenvalue weighted by molar-refractivity contribution is 5.94. The molecule has 1 atom stereocenters. The molecule has 5 rings (SSSR count). The Morgan fingerprint density at radius 2 is 1.82 bits per heavy atom. The van der Waals surface area contributed by atoms with Gasteiger partial charge in [0, 0.05) is 17.5 Å². The Bertz CT molecular complexity index is 1610. The summed E-state index contributed by atoms with van der Waals surface area (Å²) in [4.78, 5) is 26.1. The number of carbonyl (C=O) groups is 1. The van der Waals surface area contributed by atoms with Crippen LogP contribution in [0.4, 0.5) is 0 Å². The number of esters is 1. The summed E-state index contributed by atoms with van der Waals surface area (Å²) in [5, 5.41) is 10.8. The number of hydrogen-bond donors (Lipinski definition) is 1. The molecule has 4 aromatic rings. The lowest BCUT2D eigenvalue weighted by atomic mass is 9.84. The normalized spacial score (nSPS) is 14.5. The third kappa shape index (κ3) is 4.45. The molecule has 0 amide bonds. The van der Waals surface area contributed by atoms with Gasteiger partial charge in [-0.2, -0.15) is 0 Å². The highest BCUT2D eigenvalue weighted by Crippen LogP contribution is 2.46. The Labute approximate surface area is 218 Å². The van der Waals surface area contributed by atoms with E-state index in [0.29, 0.717) is 35.0 Å². The fourth-order valence-electron chi connectivity index (χ4n) is 4.61.